The van der Waals surface area contributed by atoms with Crippen molar-refractivity contribution in [1.29, 1.82) is 0 Å². The zero-order valence-electron chi connectivity index (χ0n) is 17.1. The van der Waals surface area contributed by atoms with E-state index in [1.807, 2.05) is 0 Å². The number of carboxylic acids is 2. The summed E-state index contributed by atoms with van der Waals surface area (Å²) in [7, 11) is 0. The minimum Gasteiger partial charge on any atom is -0.478 e. The lowest BCUT2D eigenvalue weighted by atomic mass is 10.2. The van der Waals surface area contributed by atoms with E-state index in [0.29, 0.717) is 10.7 Å². The molecule has 0 radical (unpaired) electrons. The van der Waals surface area contributed by atoms with E-state index in [1.54, 1.807) is 18.3 Å². The highest BCUT2D eigenvalue weighted by molar-refractivity contribution is 6.30. The van der Waals surface area contributed by atoms with Gasteiger partial charge in [0.2, 0.25) is 5.91 Å². The van der Waals surface area contributed by atoms with Crippen LogP contribution in [0.2, 0.25) is 5.02 Å². The molecule has 13 heteroatoms. The Morgan fingerprint density at radius 2 is 1.67 bits per heavy atom. The zero-order valence-corrected chi connectivity index (χ0v) is 18.6. The van der Waals surface area contributed by atoms with Gasteiger partial charge in [-0.3, -0.25) is 4.79 Å². The predicted molar refractivity (Wildman–Crippen MR) is 118 cm³/mol. The minimum absolute atomic E-state index is 0.0538. The second-order valence-electron chi connectivity index (χ2n) is 6.20. The molecule has 2 aromatic carbocycles. The van der Waals surface area contributed by atoms with Crippen LogP contribution in [0.5, 0.6) is 0 Å². The van der Waals surface area contributed by atoms with Crippen molar-refractivity contribution in [3.63, 3.8) is 0 Å². The van der Waals surface area contributed by atoms with Gasteiger partial charge in [-0.2, -0.15) is 5.11 Å². The smallest absolute Gasteiger partial charge is 0.419 e. The summed E-state index contributed by atoms with van der Waals surface area (Å²) >= 11 is 11.3. The predicted octanol–water partition coefficient (Wildman–Crippen LogP) is 3.94. The number of para-hydroxylation sites is 1. The average molecular weight is 497 g/mol. The molecule has 0 bridgehead atoms. The first kappa shape index (κ1) is 25.6. The molecule has 0 heterocycles. The Morgan fingerprint density at radius 3 is 2.21 bits per heavy atom. The van der Waals surface area contributed by atoms with Gasteiger partial charge in [-0.25, -0.2) is 19.3 Å². The number of ether oxygens (including phenoxy) is 1. The van der Waals surface area contributed by atoms with Crippen molar-refractivity contribution in [3.8, 4) is 0 Å². The molecule has 2 amide bonds. The number of azo groups is 1. The van der Waals surface area contributed by atoms with Crippen LogP contribution in [0.25, 0.3) is 0 Å². The topological polar surface area (TPSA) is 158 Å². The molecule has 0 atom stereocenters. The van der Waals surface area contributed by atoms with E-state index >= 15 is 0 Å². The number of hydrogen-bond acceptors (Lipinski definition) is 7. The van der Waals surface area contributed by atoms with Gasteiger partial charge < -0.3 is 20.3 Å². The standard InChI is InChI=1S/C20H18Cl2N4O7/c1-2-33-19(32)26(13-9-7-12(22)8-10-13)15-6-4-3-5-14(15)24-25-20(17(28)29,18(30)31)23-16(27)11-21/h3-10H,2,11H2,1H3,(H,23,27)(H,28,29)(H,30,31). The number of hydrogen-bond donors (Lipinski definition) is 3. The third-order valence-electron chi connectivity index (χ3n) is 4.03. The number of nitrogens with zero attached hydrogens (tertiary/aromatic N) is 3. The molecule has 0 saturated heterocycles. The van der Waals surface area contributed by atoms with Crippen LogP contribution in [0.15, 0.2) is 58.8 Å². The third-order valence-corrected chi connectivity index (χ3v) is 4.52. The normalized spacial score (nSPS) is 11.1. The number of halogens is 2. The van der Waals surface area contributed by atoms with Crippen molar-refractivity contribution in [3.05, 3.63) is 53.6 Å². The molecule has 0 unspecified atom stereocenters. The van der Waals surface area contributed by atoms with Gasteiger partial charge >= 0.3 is 23.7 Å². The molecule has 2 rings (SSSR count). The maximum Gasteiger partial charge on any atom is 0.419 e. The number of aliphatic carboxylic acids is 2. The third kappa shape index (κ3) is 5.96. The van der Waals surface area contributed by atoms with E-state index in [4.69, 9.17) is 27.9 Å². The molecular weight excluding hydrogens is 479 g/mol. The number of anilines is 2. The molecule has 0 aliphatic carbocycles. The highest BCUT2D eigenvalue weighted by atomic mass is 35.5. The summed E-state index contributed by atoms with van der Waals surface area (Å²) in [6.45, 7) is 1.66. The van der Waals surface area contributed by atoms with Crippen molar-refractivity contribution in [2.45, 2.75) is 12.6 Å². The van der Waals surface area contributed by atoms with Crippen LogP contribution in [0.1, 0.15) is 6.92 Å². The number of carbonyl (C=O) groups excluding carboxylic acids is 2. The molecular formula is C20H18Cl2N4O7. The van der Waals surface area contributed by atoms with Crippen LogP contribution in [0.3, 0.4) is 0 Å². The fourth-order valence-electron chi connectivity index (χ4n) is 2.53. The number of carboxylic acid groups (broad SMARTS) is 2. The maximum atomic E-state index is 12.7. The van der Waals surface area contributed by atoms with Gasteiger partial charge in [0.25, 0.3) is 0 Å². The van der Waals surface area contributed by atoms with E-state index in [1.165, 1.54) is 42.5 Å². The molecule has 174 valence electrons. The van der Waals surface area contributed by atoms with Crippen LogP contribution in [-0.2, 0) is 19.1 Å². The maximum absolute atomic E-state index is 12.7. The lowest BCUT2D eigenvalue weighted by Crippen LogP contribution is -2.59. The zero-order chi connectivity index (χ0) is 24.6. The van der Waals surface area contributed by atoms with E-state index in [0.717, 1.165) is 4.90 Å². The SMILES string of the molecule is CCOC(=O)N(c1ccc(Cl)cc1)c1ccccc1N=NC(NC(=O)CCl)(C(=O)O)C(=O)O. The molecule has 33 heavy (non-hydrogen) atoms. The van der Waals surface area contributed by atoms with E-state index < -0.39 is 35.5 Å². The molecule has 0 aliphatic heterocycles. The molecule has 0 aliphatic rings. The van der Waals surface area contributed by atoms with Crippen molar-refractivity contribution < 1.29 is 34.1 Å². The summed E-state index contributed by atoms with van der Waals surface area (Å²) in [5.74, 6) is -5.81. The first-order valence-corrected chi connectivity index (χ1v) is 10.2. The Hall–Kier alpha value is -3.70. The van der Waals surface area contributed by atoms with E-state index in [-0.39, 0.29) is 18.0 Å². The van der Waals surface area contributed by atoms with E-state index in [9.17, 15) is 29.4 Å². The number of nitrogens with one attached hydrogen (secondary N) is 1. The first-order chi connectivity index (χ1) is 15.7. The van der Waals surface area contributed by atoms with Crippen LogP contribution < -0.4 is 10.2 Å². The average Bonchev–Trinajstić information content (AvgIpc) is 2.78. The van der Waals surface area contributed by atoms with Gasteiger partial charge in [-0.1, -0.05) is 23.7 Å². The molecule has 0 aromatic heterocycles. The monoisotopic (exact) mass is 496 g/mol. The van der Waals surface area contributed by atoms with Gasteiger partial charge in [0, 0.05) is 5.02 Å². The number of carbonyl (C=O) groups is 4. The summed E-state index contributed by atoms with van der Waals surface area (Å²) in [5.41, 5.74) is -2.81. The van der Waals surface area contributed by atoms with Gasteiger partial charge in [-0.05, 0) is 43.3 Å². The Bertz CT molecular complexity index is 1060. The Morgan fingerprint density at radius 1 is 1.06 bits per heavy atom. The molecule has 0 spiro atoms. The van der Waals surface area contributed by atoms with Crippen LogP contribution in [-0.4, -0.2) is 52.3 Å². The van der Waals surface area contributed by atoms with Crippen molar-refractivity contribution >= 4 is 64.2 Å². The summed E-state index contributed by atoms with van der Waals surface area (Å²) in [4.78, 5) is 48.9. The fourth-order valence-corrected chi connectivity index (χ4v) is 2.72. The highest BCUT2D eigenvalue weighted by Crippen LogP contribution is 2.36. The second-order valence-corrected chi connectivity index (χ2v) is 6.91. The van der Waals surface area contributed by atoms with Gasteiger partial charge in [-0.15, -0.1) is 16.7 Å². The summed E-state index contributed by atoms with van der Waals surface area (Å²) < 4.78 is 5.11. The lowest BCUT2D eigenvalue weighted by molar-refractivity contribution is -0.160. The number of alkyl halides is 1. The molecule has 3 N–H and O–H groups in total. The van der Waals surface area contributed by atoms with Crippen molar-refractivity contribution in [1.82, 2.24) is 5.32 Å². The van der Waals surface area contributed by atoms with Gasteiger partial charge in [0.1, 0.15) is 11.6 Å². The summed E-state index contributed by atoms with van der Waals surface area (Å²) in [6, 6.07) is 12.0. The molecule has 11 nitrogen and oxygen atoms in total. The number of amides is 2. The van der Waals surface area contributed by atoms with Crippen LogP contribution >= 0.6 is 23.2 Å². The quantitative estimate of drug-likeness (QED) is 0.269. The Kier molecular flexibility index (Phi) is 8.71. The summed E-state index contributed by atoms with van der Waals surface area (Å²) in [6.07, 6.45) is -0.791. The van der Waals surface area contributed by atoms with E-state index in [2.05, 4.69) is 10.2 Å². The van der Waals surface area contributed by atoms with Crippen LogP contribution in [0.4, 0.5) is 21.9 Å². The highest BCUT2D eigenvalue weighted by Gasteiger charge is 2.49. The lowest BCUT2D eigenvalue weighted by Gasteiger charge is -2.24. The Labute approximate surface area is 197 Å². The number of benzene rings is 2. The summed E-state index contributed by atoms with van der Waals surface area (Å²) in [5, 5.41) is 28.2. The van der Waals surface area contributed by atoms with Crippen LogP contribution in [0, 0.1) is 0 Å². The molecule has 0 saturated carbocycles. The molecule has 0 fully saturated rings. The number of rotatable bonds is 9. The van der Waals surface area contributed by atoms with Crippen molar-refractivity contribution in [2.75, 3.05) is 17.4 Å². The Balaban J connectivity index is 2.63. The van der Waals surface area contributed by atoms with Gasteiger partial charge in [0.15, 0.2) is 0 Å². The fraction of sp³-hybridized carbons (Fsp3) is 0.200. The molecule has 2 aromatic rings. The second kappa shape index (κ2) is 11.2. The van der Waals surface area contributed by atoms with Crippen molar-refractivity contribution in [2.24, 2.45) is 10.2 Å². The minimum atomic E-state index is -3.14. The first-order valence-electron chi connectivity index (χ1n) is 9.24. The largest absolute Gasteiger partial charge is 0.478 e. The van der Waals surface area contributed by atoms with Gasteiger partial charge in [0.05, 0.1) is 18.0 Å².